The number of aliphatic hydroxyl groups is 1. The first-order chi connectivity index (χ1) is 51.7. The number of rotatable bonds is 77. The lowest BCUT2D eigenvalue weighted by atomic mass is 10.0. The highest BCUT2D eigenvalue weighted by molar-refractivity contribution is 7.47. The van der Waals surface area contributed by atoms with Crippen molar-refractivity contribution in [3.8, 4) is 0 Å². The molecule has 608 valence electrons. The molecule has 0 spiro atoms. The summed E-state index contributed by atoms with van der Waals surface area (Å²) < 4.78 is 68.6. The van der Waals surface area contributed by atoms with Crippen molar-refractivity contribution in [3.63, 3.8) is 0 Å². The van der Waals surface area contributed by atoms with Gasteiger partial charge in [-0.05, 0) is 128 Å². The highest BCUT2D eigenvalue weighted by Gasteiger charge is 2.30. The van der Waals surface area contributed by atoms with E-state index in [0.29, 0.717) is 32.1 Å². The van der Waals surface area contributed by atoms with Gasteiger partial charge in [0, 0.05) is 25.7 Å². The zero-order valence-corrected chi connectivity index (χ0v) is 68.4. The van der Waals surface area contributed by atoms with Gasteiger partial charge >= 0.3 is 39.5 Å². The minimum Gasteiger partial charge on any atom is -0.462 e. The predicted octanol–water partition coefficient (Wildman–Crippen LogP) is 24.4. The number of esters is 4. The van der Waals surface area contributed by atoms with Crippen LogP contribution in [0.1, 0.15) is 336 Å². The van der Waals surface area contributed by atoms with Gasteiger partial charge in [-0.15, -0.1) is 0 Å². The number of phosphoric ester groups is 2. The van der Waals surface area contributed by atoms with Crippen molar-refractivity contribution in [1.29, 1.82) is 0 Å². The Morgan fingerprint density at radius 3 is 0.868 bits per heavy atom. The molecule has 5 unspecified atom stereocenters. The molecule has 0 radical (unpaired) electrons. The Morgan fingerprint density at radius 2 is 0.528 bits per heavy atom. The van der Waals surface area contributed by atoms with E-state index in [0.717, 1.165) is 167 Å². The van der Waals surface area contributed by atoms with Gasteiger partial charge in [-0.25, -0.2) is 9.13 Å². The van der Waals surface area contributed by atoms with E-state index in [1.807, 2.05) is 18.2 Å². The average molecular weight is 1530 g/mol. The molecule has 0 rings (SSSR count). The number of carbonyl (C=O) groups is 4. The van der Waals surface area contributed by atoms with Crippen LogP contribution in [0.5, 0.6) is 0 Å². The van der Waals surface area contributed by atoms with Gasteiger partial charge in [0.1, 0.15) is 19.3 Å². The predicted molar refractivity (Wildman–Crippen MR) is 436 cm³/mol. The second-order valence-corrected chi connectivity index (χ2v) is 30.2. The minimum absolute atomic E-state index is 0.0353. The SMILES string of the molecule is CC/C=C\C/C=C\C/C=C\C/C=C\C/C=C\C/C=C\CCC(=O)OCC(COP(=O)(O)OCC(O)COP(=O)(O)OCC(COC(=O)CCCCCCCC/C=C\C/C=C\C/C=C\CCCCC)OC(=O)CCCCCCC/C=C\C/C=C\CCC)OC(=O)CCCCCCCCCCCCCCCCC. The Bertz CT molecular complexity index is 2530. The van der Waals surface area contributed by atoms with Crippen LogP contribution >= 0.6 is 15.6 Å². The van der Waals surface area contributed by atoms with Crippen LogP contribution in [0.3, 0.4) is 0 Å². The maximum Gasteiger partial charge on any atom is 0.472 e. The molecule has 0 amide bonds. The highest BCUT2D eigenvalue weighted by atomic mass is 31.2. The van der Waals surface area contributed by atoms with Crippen molar-refractivity contribution >= 4 is 39.5 Å². The summed E-state index contributed by atoms with van der Waals surface area (Å²) in [6, 6.07) is 0. The van der Waals surface area contributed by atoms with E-state index >= 15 is 0 Å². The van der Waals surface area contributed by atoms with E-state index in [9.17, 15) is 43.2 Å². The fraction of sp³-hybridized carbons (Fsp3) is 0.701. The lowest BCUT2D eigenvalue weighted by Gasteiger charge is -2.21. The Hall–Kier alpha value is -4.80. The molecule has 17 nitrogen and oxygen atoms in total. The van der Waals surface area contributed by atoms with E-state index in [1.165, 1.54) is 83.5 Å². The van der Waals surface area contributed by atoms with Gasteiger partial charge < -0.3 is 33.8 Å². The Kier molecular flexibility index (Phi) is 74.8. The summed E-state index contributed by atoms with van der Waals surface area (Å²) >= 11 is 0. The van der Waals surface area contributed by atoms with E-state index in [2.05, 4.69) is 143 Å². The standard InChI is InChI=1S/C87H148O17P2/c1-5-9-13-17-21-25-29-33-36-38-40-42-45-48-51-55-59-63-67-71-84(89)97-77-82(103-86(91)73-69-65-61-57-53-47-32-28-24-20-16-12-8-4)79-101-105(93,94)99-75-81(88)76-100-106(95,96)102-80-83(104-87(92)74-70-66-62-58-54-50-44-35-31-27-23-19-15-11-7-3)78-98-85(90)72-68-64-60-56-52-49-46-43-41-39-37-34-30-26-22-18-14-10-6-2/h10,14,16,20-22,25-26,28,32-34,36-37,40-43,49,52,60,64,81-83,88H,5-9,11-13,15,17-19,23-24,27,29-31,35,38-39,44-48,50-51,53-59,61-63,65-80H2,1-4H3,(H,93,94)(H,95,96)/b14-10-,20-16-,25-21-,26-22-,32-28-,36-33-,37-34-,42-40-,43-41-,52-49-,64-60-. The Balaban J connectivity index is 5.41. The first-order valence-corrected chi connectivity index (χ1v) is 44.4. The third kappa shape index (κ3) is 77.4. The van der Waals surface area contributed by atoms with Crippen LogP contribution in [0.4, 0.5) is 0 Å². The summed E-state index contributed by atoms with van der Waals surface area (Å²) in [5.74, 6) is -2.29. The molecule has 0 aromatic heterocycles. The van der Waals surface area contributed by atoms with E-state index in [-0.39, 0.29) is 25.7 Å². The minimum atomic E-state index is -5.00. The molecular weight excluding hydrogens is 1380 g/mol. The van der Waals surface area contributed by atoms with Crippen molar-refractivity contribution < 1.29 is 80.2 Å². The molecule has 19 heteroatoms. The van der Waals surface area contributed by atoms with Crippen molar-refractivity contribution in [2.45, 2.75) is 354 Å². The fourth-order valence-corrected chi connectivity index (χ4v) is 12.4. The second kappa shape index (κ2) is 78.3. The number of unbranched alkanes of at least 4 members (excludes halogenated alkanes) is 29. The molecule has 0 heterocycles. The zero-order chi connectivity index (χ0) is 77.4. The molecule has 0 saturated heterocycles. The molecule has 0 bridgehead atoms. The normalized spacial score (nSPS) is 14.5. The molecule has 0 aliphatic carbocycles. The number of allylic oxidation sites excluding steroid dienone is 22. The molecule has 0 aromatic rings. The third-order valence-corrected chi connectivity index (χ3v) is 19.0. The average Bonchev–Trinajstić information content (AvgIpc) is 0.933. The molecule has 106 heavy (non-hydrogen) atoms. The van der Waals surface area contributed by atoms with Crippen molar-refractivity contribution in [3.05, 3.63) is 134 Å². The van der Waals surface area contributed by atoms with Crippen molar-refractivity contribution in [1.82, 2.24) is 0 Å². The second-order valence-electron chi connectivity index (χ2n) is 27.3. The quantitative estimate of drug-likeness (QED) is 0.0169. The molecule has 0 fully saturated rings. The number of hydrogen-bond acceptors (Lipinski definition) is 15. The monoisotopic (exact) mass is 1530 g/mol. The van der Waals surface area contributed by atoms with Crippen molar-refractivity contribution in [2.24, 2.45) is 0 Å². The summed E-state index contributed by atoms with van der Waals surface area (Å²) in [7, 11) is -9.99. The van der Waals surface area contributed by atoms with Crippen LogP contribution in [-0.4, -0.2) is 96.7 Å². The van der Waals surface area contributed by atoms with Crippen LogP contribution in [0, 0.1) is 0 Å². The first-order valence-electron chi connectivity index (χ1n) is 41.4. The maximum absolute atomic E-state index is 13.1. The number of hydrogen-bond donors (Lipinski definition) is 3. The lowest BCUT2D eigenvalue weighted by molar-refractivity contribution is -0.161. The summed E-state index contributed by atoms with van der Waals surface area (Å²) in [5, 5.41) is 10.7. The van der Waals surface area contributed by atoms with E-state index in [4.69, 9.17) is 37.0 Å². The van der Waals surface area contributed by atoms with Crippen molar-refractivity contribution in [2.75, 3.05) is 39.6 Å². The van der Waals surface area contributed by atoms with Gasteiger partial charge in [-0.1, -0.05) is 315 Å². The van der Waals surface area contributed by atoms with Crippen LogP contribution < -0.4 is 0 Å². The third-order valence-electron chi connectivity index (χ3n) is 17.1. The summed E-state index contributed by atoms with van der Waals surface area (Å²) in [6.07, 6.45) is 88.6. The smallest absolute Gasteiger partial charge is 0.462 e. The highest BCUT2D eigenvalue weighted by Crippen LogP contribution is 2.45. The van der Waals surface area contributed by atoms with E-state index < -0.39 is 97.5 Å². The van der Waals surface area contributed by atoms with Crippen LogP contribution in [-0.2, 0) is 65.4 Å². The van der Waals surface area contributed by atoms with Gasteiger partial charge in [0.2, 0.25) is 0 Å². The maximum atomic E-state index is 13.1. The summed E-state index contributed by atoms with van der Waals surface area (Å²) in [5.41, 5.74) is 0. The van der Waals surface area contributed by atoms with Gasteiger partial charge in [0.25, 0.3) is 0 Å². The van der Waals surface area contributed by atoms with Gasteiger partial charge in [-0.3, -0.25) is 37.3 Å². The molecule has 0 aliphatic rings. The zero-order valence-electron chi connectivity index (χ0n) is 66.6. The molecule has 0 aromatic carbocycles. The largest absolute Gasteiger partial charge is 0.472 e. The number of phosphoric acid groups is 2. The summed E-state index contributed by atoms with van der Waals surface area (Å²) in [6.45, 7) is 4.59. The van der Waals surface area contributed by atoms with E-state index in [1.54, 1.807) is 0 Å². The Labute approximate surface area is 644 Å². The lowest BCUT2D eigenvalue weighted by Crippen LogP contribution is -2.30. The van der Waals surface area contributed by atoms with Gasteiger partial charge in [0.15, 0.2) is 12.2 Å². The molecule has 0 aliphatic heterocycles. The molecule has 5 atom stereocenters. The topological polar surface area (TPSA) is 237 Å². The number of carbonyl (C=O) groups excluding carboxylic acids is 4. The molecule has 0 saturated carbocycles. The number of aliphatic hydroxyl groups excluding tert-OH is 1. The molecular formula is C87H148O17P2. The van der Waals surface area contributed by atoms with Crippen LogP contribution in [0.15, 0.2) is 134 Å². The summed E-state index contributed by atoms with van der Waals surface area (Å²) in [4.78, 5) is 73.1. The fourth-order valence-electron chi connectivity index (χ4n) is 10.8. The van der Waals surface area contributed by atoms with Gasteiger partial charge in [-0.2, -0.15) is 0 Å². The Morgan fingerprint density at radius 1 is 0.274 bits per heavy atom. The van der Waals surface area contributed by atoms with Gasteiger partial charge in [0.05, 0.1) is 26.4 Å². The van der Waals surface area contributed by atoms with Crippen LogP contribution in [0.2, 0.25) is 0 Å². The molecule has 3 N–H and O–H groups in total. The first kappa shape index (κ1) is 101. The number of ether oxygens (including phenoxy) is 4. The van der Waals surface area contributed by atoms with Crippen LogP contribution in [0.25, 0.3) is 0 Å².